The van der Waals surface area contributed by atoms with Crippen molar-refractivity contribution in [1.82, 2.24) is 14.2 Å². The Labute approximate surface area is 105 Å². The largest absolute Gasteiger partial charge is 0.650 e. The number of hydrogen-bond acceptors (Lipinski definition) is 5. The summed E-state index contributed by atoms with van der Waals surface area (Å²) in [5.41, 5.74) is 0.725. The Kier molecular flexibility index (Phi) is 3.26. The second-order valence-corrected chi connectivity index (χ2v) is 4.31. The van der Waals surface area contributed by atoms with E-state index in [1.54, 1.807) is 16.9 Å². The van der Waals surface area contributed by atoms with Crippen molar-refractivity contribution in [3.05, 3.63) is 22.8 Å². The van der Waals surface area contributed by atoms with E-state index in [2.05, 4.69) is 32.2 Å². The Bertz CT molecular complexity index is 542. The molecule has 0 bridgehead atoms. The molecule has 0 saturated heterocycles. The molecule has 0 aromatic carbocycles. The van der Waals surface area contributed by atoms with Gasteiger partial charge in [0.15, 0.2) is 0 Å². The van der Waals surface area contributed by atoms with E-state index in [4.69, 9.17) is 9.05 Å². The minimum atomic E-state index is 0.299. The van der Waals surface area contributed by atoms with Crippen LogP contribution >= 0.6 is 11.5 Å². The van der Waals surface area contributed by atoms with E-state index in [0.29, 0.717) is 18.0 Å². The van der Waals surface area contributed by atoms with Gasteiger partial charge in [0.1, 0.15) is 5.75 Å². The van der Waals surface area contributed by atoms with Crippen molar-refractivity contribution in [2.24, 2.45) is 0 Å². The highest BCUT2D eigenvalue weighted by Crippen LogP contribution is 2.28. The van der Waals surface area contributed by atoms with Crippen molar-refractivity contribution in [2.75, 3.05) is 0 Å². The lowest BCUT2D eigenvalue weighted by Crippen LogP contribution is -1.99. The highest BCUT2D eigenvalue weighted by molar-refractivity contribution is 7.06. The third-order valence-electron chi connectivity index (χ3n) is 2.03. The number of aromatic nitrogens is 3. The van der Waals surface area contributed by atoms with Crippen LogP contribution < -0.4 is 3.79 Å². The second-order valence-electron chi connectivity index (χ2n) is 3.10. The molecule has 0 unspecified atom stereocenters. The summed E-state index contributed by atoms with van der Waals surface area (Å²) in [6, 6.07) is 3.85. The van der Waals surface area contributed by atoms with Gasteiger partial charge in [-0.15, -0.1) is 0 Å². The van der Waals surface area contributed by atoms with Crippen molar-refractivity contribution >= 4 is 28.2 Å². The van der Waals surface area contributed by atoms with E-state index < -0.39 is 0 Å². The first-order valence-electron chi connectivity index (χ1n) is 4.51. The molecule has 0 aliphatic heterocycles. The Morgan fingerprint density at radius 3 is 3.19 bits per heavy atom. The van der Waals surface area contributed by atoms with E-state index in [1.165, 1.54) is 11.5 Å². The van der Waals surface area contributed by atoms with E-state index in [9.17, 15) is 0 Å². The Hall–Kier alpha value is -1.34. The van der Waals surface area contributed by atoms with Gasteiger partial charge in [0.25, 0.3) is 0 Å². The zero-order valence-electron chi connectivity index (χ0n) is 8.54. The van der Waals surface area contributed by atoms with Gasteiger partial charge in [-0.1, -0.05) is 0 Å². The Balaban J connectivity index is 2.39. The van der Waals surface area contributed by atoms with Crippen LogP contribution in [-0.4, -0.2) is 30.8 Å². The Morgan fingerprint density at radius 1 is 1.69 bits per heavy atom. The molecular formula is C9H7AlN4OS. The van der Waals surface area contributed by atoms with E-state index in [-0.39, 0.29) is 0 Å². The molecule has 78 valence electrons. The lowest BCUT2D eigenvalue weighted by atomic mass is 10.3. The molecule has 0 N–H and O–H groups in total. The van der Waals surface area contributed by atoms with Crippen molar-refractivity contribution in [3.8, 4) is 17.6 Å². The minimum Gasteiger partial charge on any atom is -0.650 e. The maximum Gasteiger partial charge on any atom is 0.482 e. The van der Waals surface area contributed by atoms with Gasteiger partial charge in [-0.25, -0.2) is 4.68 Å². The van der Waals surface area contributed by atoms with Crippen LogP contribution in [0.2, 0.25) is 0 Å². The van der Waals surface area contributed by atoms with Crippen LogP contribution in [-0.2, 0) is 6.42 Å². The van der Waals surface area contributed by atoms with Gasteiger partial charge in [-0.05, 0) is 24.5 Å². The fraction of sp³-hybridized carbons (Fsp3) is 0.222. The van der Waals surface area contributed by atoms with Crippen LogP contribution in [0.15, 0.2) is 12.3 Å². The molecule has 0 atom stereocenters. The number of nitriles is 1. The average molecular weight is 246 g/mol. The molecule has 0 fully saturated rings. The van der Waals surface area contributed by atoms with Crippen molar-refractivity contribution in [1.29, 1.82) is 5.26 Å². The number of aryl methyl sites for hydroxylation is 1. The molecule has 16 heavy (non-hydrogen) atoms. The second kappa shape index (κ2) is 4.67. The first-order valence-corrected chi connectivity index (χ1v) is 5.75. The van der Waals surface area contributed by atoms with Crippen molar-refractivity contribution in [2.45, 2.75) is 13.3 Å². The molecule has 0 spiro atoms. The maximum absolute atomic E-state index is 8.56. The molecule has 2 aromatic heterocycles. The summed E-state index contributed by atoms with van der Waals surface area (Å²) >= 11 is 3.56. The molecule has 0 aliphatic carbocycles. The molecule has 0 aliphatic rings. The van der Waals surface area contributed by atoms with Crippen LogP contribution in [0.4, 0.5) is 0 Å². The molecule has 2 radical (unpaired) electrons. The minimum absolute atomic E-state index is 0.299. The highest BCUT2D eigenvalue weighted by Gasteiger charge is 2.12. The quantitative estimate of drug-likeness (QED) is 0.762. The number of nitrogens with zero attached hydrogens (tertiary/aromatic N) is 4. The van der Waals surface area contributed by atoms with E-state index in [0.717, 1.165) is 10.6 Å². The summed E-state index contributed by atoms with van der Waals surface area (Å²) in [4.78, 5) is 0.988. The summed E-state index contributed by atoms with van der Waals surface area (Å²) in [5, 5.41) is 12.8. The van der Waals surface area contributed by atoms with Gasteiger partial charge < -0.3 is 3.79 Å². The van der Waals surface area contributed by atoms with E-state index in [1.807, 2.05) is 6.92 Å². The summed E-state index contributed by atoms with van der Waals surface area (Å²) < 4.78 is 11.1. The van der Waals surface area contributed by atoms with Gasteiger partial charge in [-0.3, -0.25) is 0 Å². The van der Waals surface area contributed by atoms with Gasteiger partial charge in [-0.2, -0.15) is 14.7 Å². The zero-order valence-corrected chi connectivity index (χ0v) is 10.5. The molecule has 2 rings (SSSR count). The normalized spacial score (nSPS) is 10.0. The number of hydrogen-bond donors (Lipinski definition) is 0. The van der Waals surface area contributed by atoms with Gasteiger partial charge in [0.2, 0.25) is 5.82 Å². The van der Waals surface area contributed by atoms with Crippen LogP contribution in [0.25, 0.3) is 5.82 Å². The predicted octanol–water partition coefficient (Wildman–Crippen LogP) is 1.17. The molecule has 0 saturated carbocycles. The standard InChI is InChI=1S/C9H8N4OS.Al/c1-6-8(14)9(12-15-6)13-5-3-7(11-13)2-4-10;/h3,5,14H,2H2,1H3;/q;+1/p-1. The monoisotopic (exact) mass is 246 g/mol. The molecule has 2 heterocycles. The van der Waals surface area contributed by atoms with Crippen LogP contribution in [0.5, 0.6) is 5.75 Å². The molecule has 7 heteroatoms. The van der Waals surface area contributed by atoms with Gasteiger partial charge >= 0.3 is 16.6 Å². The van der Waals surface area contributed by atoms with Gasteiger partial charge in [0, 0.05) is 6.20 Å². The zero-order chi connectivity index (χ0) is 11.5. The van der Waals surface area contributed by atoms with Crippen molar-refractivity contribution in [3.63, 3.8) is 0 Å². The summed E-state index contributed by atoms with van der Waals surface area (Å²) in [6.07, 6.45) is 2.07. The van der Waals surface area contributed by atoms with E-state index >= 15 is 0 Å². The summed E-state index contributed by atoms with van der Waals surface area (Å²) in [7, 11) is 0. The van der Waals surface area contributed by atoms with Crippen LogP contribution in [0.1, 0.15) is 10.6 Å². The lowest BCUT2D eigenvalue weighted by Gasteiger charge is -2.03. The molecule has 2 aromatic rings. The number of rotatable bonds is 3. The highest BCUT2D eigenvalue weighted by atomic mass is 32.1. The lowest BCUT2D eigenvalue weighted by molar-refractivity contribution is 0.601. The average Bonchev–Trinajstić information content (AvgIpc) is 2.85. The summed E-state index contributed by atoms with van der Waals surface area (Å²) in [6.45, 7) is 1.93. The Morgan fingerprint density at radius 2 is 2.50 bits per heavy atom. The first-order chi connectivity index (χ1) is 7.76. The molecule has 5 nitrogen and oxygen atoms in total. The SMILES string of the molecule is Cc1snc(-n2ccc(CC#N)n2)c1[O][Al]. The molecule has 0 amide bonds. The van der Waals surface area contributed by atoms with Crippen LogP contribution in [0.3, 0.4) is 0 Å². The maximum atomic E-state index is 8.56. The van der Waals surface area contributed by atoms with Crippen LogP contribution in [0, 0.1) is 18.3 Å². The third-order valence-corrected chi connectivity index (χ3v) is 2.99. The third kappa shape index (κ3) is 1.96. The van der Waals surface area contributed by atoms with Gasteiger partial charge in [0.05, 0.1) is 23.1 Å². The molecular weight excluding hydrogens is 239 g/mol. The predicted molar refractivity (Wildman–Crippen MR) is 59.7 cm³/mol. The smallest absolute Gasteiger partial charge is 0.482 e. The fourth-order valence-corrected chi connectivity index (χ4v) is 2.27. The van der Waals surface area contributed by atoms with Crippen molar-refractivity contribution < 1.29 is 3.79 Å². The first kappa shape index (κ1) is 11.2. The fourth-order valence-electron chi connectivity index (χ4n) is 1.29. The summed E-state index contributed by atoms with van der Waals surface area (Å²) in [5.74, 6) is 1.35. The topological polar surface area (TPSA) is 63.7 Å².